The van der Waals surface area contributed by atoms with Crippen LogP contribution in [0.5, 0.6) is 5.75 Å². The molecule has 0 bridgehead atoms. The van der Waals surface area contributed by atoms with E-state index < -0.39 is 10.1 Å². The number of hydrogen-bond acceptors (Lipinski definition) is 4. The van der Waals surface area contributed by atoms with Crippen molar-refractivity contribution in [3.05, 3.63) is 52.6 Å². The average Bonchev–Trinajstić information content (AvgIpc) is 2.98. The molecule has 0 saturated carbocycles. The van der Waals surface area contributed by atoms with E-state index in [0.29, 0.717) is 18.0 Å². The van der Waals surface area contributed by atoms with Gasteiger partial charge in [0.05, 0.1) is 0 Å². The van der Waals surface area contributed by atoms with Gasteiger partial charge in [0.25, 0.3) is 0 Å². The summed E-state index contributed by atoms with van der Waals surface area (Å²) in [6, 6.07) is 8.60. The highest BCUT2D eigenvalue weighted by Crippen LogP contribution is 2.33. The fourth-order valence-corrected chi connectivity index (χ4v) is 4.12. The van der Waals surface area contributed by atoms with Crippen LogP contribution in [0.4, 0.5) is 5.69 Å². The van der Waals surface area contributed by atoms with Gasteiger partial charge in [0, 0.05) is 19.2 Å². The zero-order valence-corrected chi connectivity index (χ0v) is 15.6. The summed E-state index contributed by atoms with van der Waals surface area (Å²) in [6.45, 7) is 7.62. The summed E-state index contributed by atoms with van der Waals surface area (Å²) in [5, 5.41) is 0. The SMILES string of the molecule is CC(=O)N1CCc2ccc(S(=O)(=O)Oc3c(C)ccc(C)c3C)cc21. The Bertz CT molecular complexity index is 964. The summed E-state index contributed by atoms with van der Waals surface area (Å²) in [6.07, 6.45) is 0.728. The predicted molar refractivity (Wildman–Crippen MR) is 96.6 cm³/mol. The van der Waals surface area contributed by atoms with Crippen LogP contribution in [-0.2, 0) is 21.3 Å². The standard InChI is InChI=1S/C19H21NO4S/c1-12-5-6-13(2)19(14(12)3)24-25(22,23)17-8-7-16-9-10-20(15(4)21)18(16)11-17/h5-8,11H,9-10H2,1-4H3. The number of fused-ring (bicyclic) bond motifs is 1. The molecule has 1 heterocycles. The van der Waals surface area contributed by atoms with Crippen LogP contribution >= 0.6 is 0 Å². The quantitative estimate of drug-likeness (QED) is 0.789. The van der Waals surface area contributed by atoms with Gasteiger partial charge >= 0.3 is 10.1 Å². The second-order valence-corrected chi connectivity index (χ2v) is 7.95. The first-order valence-corrected chi connectivity index (χ1v) is 9.54. The Morgan fingerprint density at radius 2 is 1.76 bits per heavy atom. The Hall–Kier alpha value is -2.34. The molecule has 1 amide bonds. The van der Waals surface area contributed by atoms with Gasteiger partial charge < -0.3 is 9.08 Å². The first-order valence-electron chi connectivity index (χ1n) is 8.13. The van der Waals surface area contributed by atoms with E-state index in [9.17, 15) is 13.2 Å². The maximum absolute atomic E-state index is 12.8. The molecule has 2 aromatic carbocycles. The fourth-order valence-electron chi connectivity index (χ4n) is 3.05. The molecule has 25 heavy (non-hydrogen) atoms. The largest absolute Gasteiger partial charge is 0.378 e. The molecule has 0 aromatic heterocycles. The molecule has 0 unspecified atom stereocenters. The molecule has 0 N–H and O–H groups in total. The lowest BCUT2D eigenvalue weighted by molar-refractivity contribution is -0.116. The van der Waals surface area contributed by atoms with E-state index in [1.54, 1.807) is 11.0 Å². The van der Waals surface area contributed by atoms with Crippen LogP contribution in [0.2, 0.25) is 0 Å². The van der Waals surface area contributed by atoms with E-state index >= 15 is 0 Å². The molecule has 1 aliphatic rings. The van der Waals surface area contributed by atoms with Crippen LogP contribution in [-0.4, -0.2) is 20.9 Å². The number of anilines is 1. The molecule has 2 aromatic rings. The van der Waals surface area contributed by atoms with Gasteiger partial charge in [-0.2, -0.15) is 8.42 Å². The summed E-state index contributed by atoms with van der Waals surface area (Å²) < 4.78 is 31.0. The Morgan fingerprint density at radius 3 is 2.44 bits per heavy atom. The topological polar surface area (TPSA) is 63.7 Å². The maximum Gasteiger partial charge on any atom is 0.339 e. The van der Waals surface area contributed by atoms with Crippen molar-refractivity contribution in [3.63, 3.8) is 0 Å². The van der Waals surface area contributed by atoms with Crippen LogP contribution in [0.3, 0.4) is 0 Å². The Labute approximate surface area is 148 Å². The smallest absolute Gasteiger partial charge is 0.339 e. The predicted octanol–water partition coefficient (Wildman–Crippen LogP) is 3.29. The van der Waals surface area contributed by atoms with Gasteiger partial charge in [-0.3, -0.25) is 4.79 Å². The van der Waals surface area contributed by atoms with Gasteiger partial charge in [-0.25, -0.2) is 0 Å². The zero-order valence-electron chi connectivity index (χ0n) is 14.8. The minimum absolute atomic E-state index is 0.0553. The van der Waals surface area contributed by atoms with Crippen molar-refractivity contribution >= 4 is 21.7 Å². The first-order chi connectivity index (χ1) is 11.7. The van der Waals surface area contributed by atoms with E-state index in [4.69, 9.17) is 4.18 Å². The average molecular weight is 359 g/mol. The van der Waals surface area contributed by atoms with Crippen molar-refractivity contribution in [3.8, 4) is 5.75 Å². The van der Waals surface area contributed by atoms with Crippen LogP contribution in [0, 0.1) is 20.8 Å². The highest BCUT2D eigenvalue weighted by atomic mass is 32.2. The monoisotopic (exact) mass is 359 g/mol. The highest BCUT2D eigenvalue weighted by molar-refractivity contribution is 7.87. The van der Waals surface area contributed by atoms with Gasteiger partial charge in [-0.1, -0.05) is 18.2 Å². The Kier molecular flexibility index (Phi) is 4.33. The molecule has 1 aliphatic heterocycles. The van der Waals surface area contributed by atoms with Gasteiger partial charge in [0.2, 0.25) is 5.91 Å². The van der Waals surface area contributed by atoms with Crippen molar-refractivity contribution in [1.82, 2.24) is 0 Å². The molecule has 0 radical (unpaired) electrons. The number of carbonyl (C=O) groups is 1. The fraction of sp³-hybridized carbons (Fsp3) is 0.316. The molecular formula is C19H21NO4S. The highest BCUT2D eigenvalue weighted by Gasteiger charge is 2.26. The van der Waals surface area contributed by atoms with E-state index in [1.165, 1.54) is 19.1 Å². The van der Waals surface area contributed by atoms with Crippen molar-refractivity contribution in [1.29, 1.82) is 0 Å². The number of rotatable bonds is 3. The Balaban J connectivity index is 2.01. The van der Waals surface area contributed by atoms with E-state index in [0.717, 1.165) is 28.7 Å². The molecule has 3 rings (SSSR count). The lowest BCUT2D eigenvalue weighted by atomic mass is 10.1. The first kappa shape index (κ1) is 17.5. The third-order valence-corrected chi connectivity index (χ3v) is 5.91. The van der Waals surface area contributed by atoms with E-state index in [1.807, 2.05) is 32.9 Å². The third kappa shape index (κ3) is 3.14. The summed E-state index contributed by atoms with van der Waals surface area (Å²) in [7, 11) is -3.98. The summed E-state index contributed by atoms with van der Waals surface area (Å²) in [5.41, 5.74) is 4.15. The number of nitrogens with zero attached hydrogens (tertiary/aromatic N) is 1. The van der Waals surface area contributed by atoms with Gasteiger partial charge in [0.15, 0.2) is 0 Å². The minimum atomic E-state index is -3.98. The third-order valence-electron chi connectivity index (χ3n) is 4.69. The molecule has 0 aliphatic carbocycles. The van der Waals surface area contributed by atoms with Crippen molar-refractivity contribution < 1.29 is 17.4 Å². The summed E-state index contributed by atoms with van der Waals surface area (Å²) in [5.74, 6) is 0.267. The lowest BCUT2D eigenvalue weighted by Gasteiger charge is -2.17. The number of aryl methyl sites for hydroxylation is 2. The molecule has 0 fully saturated rings. The molecule has 132 valence electrons. The number of amides is 1. The Morgan fingerprint density at radius 1 is 1.08 bits per heavy atom. The molecule has 0 spiro atoms. The van der Waals surface area contributed by atoms with Crippen LogP contribution < -0.4 is 9.08 Å². The molecule has 5 nitrogen and oxygen atoms in total. The molecule has 0 atom stereocenters. The second kappa shape index (κ2) is 6.19. The molecule has 6 heteroatoms. The second-order valence-electron chi connectivity index (χ2n) is 6.40. The van der Waals surface area contributed by atoms with Crippen molar-refractivity contribution in [2.75, 3.05) is 11.4 Å². The van der Waals surface area contributed by atoms with Crippen LogP contribution in [0.1, 0.15) is 29.2 Å². The maximum atomic E-state index is 12.8. The number of hydrogen-bond donors (Lipinski definition) is 0. The lowest BCUT2D eigenvalue weighted by Crippen LogP contribution is -2.26. The zero-order chi connectivity index (χ0) is 18.4. The van der Waals surface area contributed by atoms with E-state index in [2.05, 4.69) is 0 Å². The molecular weight excluding hydrogens is 338 g/mol. The van der Waals surface area contributed by atoms with Crippen molar-refractivity contribution in [2.45, 2.75) is 39.0 Å². The summed E-state index contributed by atoms with van der Waals surface area (Å²) >= 11 is 0. The summed E-state index contributed by atoms with van der Waals surface area (Å²) in [4.78, 5) is 13.4. The van der Waals surface area contributed by atoms with Gasteiger partial charge in [0.1, 0.15) is 10.6 Å². The number of benzene rings is 2. The van der Waals surface area contributed by atoms with Crippen molar-refractivity contribution in [2.24, 2.45) is 0 Å². The van der Waals surface area contributed by atoms with Gasteiger partial charge in [-0.05, 0) is 61.6 Å². The van der Waals surface area contributed by atoms with E-state index in [-0.39, 0.29) is 10.8 Å². The van der Waals surface area contributed by atoms with Gasteiger partial charge in [-0.15, -0.1) is 0 Å². The minimum Gasteiger partial charge on any atom is -0.378 e. The molecule has 0 saturated heterocycles. The van der Waals surface area contributed by atoms with Crippen LogP contribution in [0.25, 0.3) is 0 Å². The van der Waals surface area contributed by atoms with Crippen LogP contribution in [0.15, 0.2) is 35.2 Å². The normalized spacial score (nSPS) is 13.7. The number of carbonyl (C=O) groups excluding carboxylic acids is 1.